The molecule has 0 bridgehead atoms. The number of likely N-dealkylation sites (tertiary alicyclic amines) is 1. The summed E-state index contributed by atoms with van der Waals surface area (Å²) < 4.78 is 0.735. The maximum atomic E-state index is 12.6. The second-order valence-corrected chi connectivity index (χ2v) is 6.56. The highest BCUT2D eigenvalue weighted by Crippen LogP contribution is 2.23. The summed E-state index contributed by atoms with van der Waals surface area (Å²) >= 11 is 2.04. The first-order chi connectivity index (χ1) is 9.90. The molecular weight excluding hydrogens is 385 g/mol. The van der Waals surface area contributed by atoms with E-state index in [-0.39, 0.29) is 17.6 Å². The number of carbonyl (C=O) groups is 1. The number of likely N-dealkylation sites (N-methyl/N-ethyl adjacent to an activating group) is 2. The van der Waals surface area contributed by atoms with Gasteiger partial charge in [-0.2, -0.15) is 0 Å². The molecule has 0 saturated carbocycles. The molecule has 0 N–H and O–H groups in total. The summed E-state index contributed by atoms with van der Waals surface area (Å²) in [6.45, 7) is 1.89. The summed E-state index contributed by atoms with van der Waals surface area (Å²) in [4.78, 5) is 27.0. The topological polar surface area (TPSA) is 66.7 Å². The van der Waals surface area contributed by atoms with Gasteiger partial charge in [-0.25, -0.2) is 0 Å². The van der Waals surface area contributed by atoms with Crippen LogP contribution in [0.1, 0.15) is 23.2 Å². The summed E-state index contributed by atoms with van der Waals surface area (Å²) in [5.41, 5.74) is 0.355. The maximum absolute atomic E-state index is 12.6. The van der Waals surface area contributed by atoms with Crippen molar-refractivity contribution in [1.29, 1.82) is 0 Å². The zero-order valence-electron chi connectivity index (χ0n) is 12.1. The molecule has 0 aromatic heterocycles. The van der Waals surface area contributed by atoms with Gasteiger partial charge >= 0.3 is 0 Å². The van der Waals surface area contributed by atoms with Gasteiger partial charge in [0.1, 0.15) is 0 Å². The maximum Gasteiger partial charge on any atom is 0.270 e. The third-order valence-corrected chi connectivity index (χ3v) is 4.80. The van der Waals surface area contributed by atoms with Crippen molar-refractivity contribution >= 4 is 34.2 Å². The van der Waals surface area contributed by atoms with Crippen molar-refractivity contribution in [3.63, 3.8) is 0 Å². The lowest BCUT2D eigenvalue weighted by atomic mass is 10.0. The Bertz CT molecular complexity index is 564. The average Bonchev–Trinajstić information content (AvgIpc) is 2.46. The van der Waals surface area contributed by atoms with Crippen molar-refractivity contribution in [3.8, 4) is 0 Å². The highest BCUT2D eigenvalue weighted by molar-refractivity contribution is 14.1. The quantitative estimate of drug-likeness (QED) is 0.442. The number of non-ortho nitro benzene ring substituents is 1. The normalized spacial score (nSPS) is 19.3. The highest BCUT2D eigenvalue weighted by Gasteiger charge is 2.27. The van der Waals surface area contributed by atoms with Gasteiger partial charge in [0.15, 0.2) is 0 Å². The van der Waals surface area contributed by atoms with E-state index in [1.54, 1.807) is 18.0 Å². The molecule has 6 nitrogen and oxygen atoms in total. The number of halogens is 1. The molecule has 1 aliphatic heterocycles. The highest BCUT2D eigenvalue weighted by atomic mass is 127. The van der Waals surface area contributed by atoms with Gasteiger partial charge in [-0.05, 0) is 55.1 Å². The third-order valence-electron chi connectivity index (χ3n) is 3.86. The summed E-state index contributed by atoms with van der Waals surface area (Å²) in [6, 6.07) is 4.57. The van der Waals surface area contributed by atoms with Crippen molar-refractivity contribution in [2.75, 3.05) is 27.2 Å². The molecule has 1 unspecified atom stereocenters. The number of nitro groups is 1. The van der Waals surface area contributed by atoms with Crippen LogP contribution in [0.25, 0.3) is 0 Å². The van der Waals surface area contributed by atoms with E-state index in [1.807, 2.05) is 29.6 Å². The Kier molecular flexibility index (Phi) is 5.15. The molecule has 1 aromatic carbocycles. The Balaban J connectivity index is 2.22. The summed E-state index contributed by atoms with van der Waals surface area (Å²) in [5.74, 6) is -0.150. The number of hydrogen-bond acceptors (Lipinski definition) is 4. The Morgan fingerprint density at radius 1 is 1.52 bits per heavy atom. The molecule has 1 saturated heterocycles. The molecule has 0 radical (unpaired) electrons. The number of benzene rings is 1. The van der Waals surface area contributed by atoms with Crippen molar-refractivity contribution in [2.24, 2.45) is 0 Å². The fraction of sp³-hybridized carbons (Fsp3) is 0.500. The fourth-order valence-electron chi connectivity index (χ4n) is 2.60. The Labute approximate surface area is 137 Å². The predicted octanol–water partition coefficient (Wildman–Crippen LogP) is 2.37. The lowest BCUT2D eigenvalue weighted by molar-refractivity contribution is -0.384. The van der Waals surface area contributed by atoms with Crippen LogP contribution >= 0.6 is 22.6 Å². The van der Waals surface area contributed by atoms with Gasteiger partial charge in [0, 0.05) is 35.3 Å². The number of hydrogen-bond donors (Lipinski definition) is 0. The molecule has 1 amide bonds. The second-order valence-electron chi connectivity index (χ2n) is 5.40. The summed E-state index contributed by atoms with van der Waals surface area (Å²) in [7, 11) is 3.82. The van der Waals surface area contributed by atoms with Crippen LogP contribution in [-0.2, 0) is 0 Å². The van der Waals surface area contributed by atoms with Crippen LogP contribution in [-0.4, -0.2) is 53.9 Å². The molecule has 2 rings (SSSR count). The molecule has 21 heavy (non-hydrogen) atoms. The van der Waals surface area contributed by atoms with E-state index in [4.69, 9.17) is 0 Å². The van der Waals surface area contributed by atoms with Crippen molar-refractivity contribution in [2.45, 2.75) is 18.9 Å². The summed E-state index contributed by atoms with van der Waals surface area (Å²) in [5, 5.41) is 10.9. The Morgan fingerprint density at radius 2 is 2.24 bits per heavy atom. The van der Waals surface area contributed by atoms with Gasteiger partial charge in [0.25, 0.3) is 11.6 Å². The van der Waals surface area contributed by atoms with Crippen molar-refractivity contribution in [1.82, 2.24) is 9.80 Å². The molecule has 7 heteroatoms. The molecular formula is C14H18IN3O3. The van der Waals surface area contributed by atoms with E-state index in [0.29, 0.717) is 5.56 Å². The standard InChI is InChI=1S/C14H18IN3O3/c1-16-7-3-4-11(9-16)17(2)14(19)12-8-10(18(20)21)5-6-13(12)15/h5-6,8,11H,3-4,7,9H2,1-2H3. The molecule has 1 aliphatic rings. The minimum Gasteiger partial charge on any atom is -0.337 e. The van der Waals surface area contributed by atoms with Crippen LogP contribution in [0, 0.1) is 13.7 Å². The number of nitrogens with zero attached hydrogens (tertiary/aromatic N) is 3. The minimum absolute atomic E-state index is 0.0482. The first-order valence-corrected chi connectivity index (χ1v) is 7.87. The predicted molar refractivity (Wildman–Crippen MR) is 88.4 cm³/mol. The molecule has 0 aliphatic carbocycles. The zero-order chi connectivity index (χ0) is 15.6. The fourth-order valence-corrected chi connectivity index (χ4v) is 3.17. The van der Waals surface area contributed by atoms with Crippen molar-refractivity contribution in [3.05, 3.63) is 37.4 Å². The van der Waals surface area contributed by atoms with Gasteiger partial charge in [-0.1, -0.05) is 0 Å². The molecule has 1 fully saturated rings. The molecule has 1 aromatic rings. The lowest BCUT2D eigenvalue weighted by Crippen LogP contribution is -2.47. The second kappa shape index (κ2) is 6.69. The minimum atomic E-state index is -0.471. The first-order valence-electron chi connectivity index (χ1n) is 6.80. The zero-order valence-corrected chi connectivity index (χ0v) is 14.2. The van der Waals surface area contributed by atoms with E-state index in [9.17, 15) is 14.9 Å². The van der Waals surface area contributed by atoms with Gasteiger partial charge in [0.2, 0.25) is 0 Å². The smallest absolute Gasteiger partial charge is 0.270 e. The van der Waals surface area contributed by atoms with Crippen LogP contribution in [0.4, 0.5) is 5.69 Å². The van der Waals surface area contributed by atoms with Crippen molar-refractivity contribution < 1.29 is 9.72 Å². The largest absolute Gasteiger partial charge is 0.337 e. The van der Waals surface area contributed by atoms with Crippen LogP contribution in [0.5, 0.6) is 0 Å². The number of amides is 1. The number of piperidine rings is 1. The van der Waals surface area contributed by atoms with Crippen LogP contribution in [0.2, 0.25) is 0 Å². The van der Waals surface area contributed by atoms with Gasteiger partial charge < -0.3 is 9.80 Å². The Hall–Kier alpha value is -1.22. The van der Waals surface area contributed by atoms with E-state index in [2.05, 4.69) is 4.90 Å². The summed E-state index contributed by atoms with van der Waals surface area (Å²) in [6.07, 6.45) is 2.03. The number of carbonyl (C=O) groups excluding carboxylic acids is 1. The molecule has 1 atom stereocenters. The van der Waals surface area contributed by atoms with Crippen LogP contribution in [0.3, 0.4) is 0 Å². The lowest BCUT2D eigenvalue weighted by Gasteiger charge is -2.36. The molecule has 114 valence electrons. The van der Waals surface area contributed by atoms with E-state index in [1.165, 1.54) is 12.1 Å². The Morgan fingerprint density at radius 3 is 2.86 bits per heavy atom. The van der Waals surface area contributed by atoms with Gasteiger partial charge in [0.05, 0.1) is 10.5 Å². The van der Waals surface area contributed by atoms with Gasteiger partial charge in [-0.3, -0.25) is 14.9 Å². The van der Waals surface area contributed by atoms with Crippen LogP contribution in [0.15, 0.2) is 18.2 Å². The van der Waals surface area contributed by atoms with E-state index < -0.39 is 4.92 Å². The number of rotatable bonds is 3. The van der Waals surface area contributed by atoms with Crippen LogP contribution < -0.4 is 0 Å². The van der Waals surface area contributed by atoms with E-state index >= 15 is 0 Å². The van der Waals surface area contributed by atoms with Gasteiger partial charge in [-0.15, -0.1) is 0 Å². The first kappa shape index (κ1) is 16.2. The SMILES string of the molecule is CN1CCCC(N(C)C(=O)c2cc([N+](=O)[O-])ccc2I)C1. The monoisotopic (exact) mass is 403 g/mol. The molecule has 0 spiro atoms. The number of nitro benzene ring substituents is 1. The average molecular weight is 403 g/mol. The van der Waals surface area contributed by atoms with E-state index in [0.717, 1.165) is 29.5 Å². The third kappa shape index (κ3) is 3.70. The molecule has 1 heterocycles.